The van der Waals surface area contributed by atoms with Crippen LogP contribution in [0.15, 0.2) is 40.2 Å². The molecule has 0 spiro atoms. The molecule has 228 valence electrons. The van der Waals surface area contributed by atoms with Crippen molar-refractivity contribution in [2.45, 2.75) is 77.2 Å². The van der Waals surface area contributed by atoms with E-state index in [1.165, 1.54) is 52.3 Å². The van der Waals surface area contributed by atoms with Crippen molar-refractivity contribution >= 4 is 27.5 Å². The maximum Gasteiger partial charge on any atom is 0.332 e. The van der Waals surface area contributed by atoms with Crippen LogP contribution in [0.3, 0.4) is 0 Å². The molecule has 3 aromatic heterocycles. The Kier molecular flexibility index (Phi) is 8.19. The number of rotatable bonds is 8. The summed E-state index contributed by atoms with van der Waals surface area (Å²) in [6.07, 6.45) is 6.90. The van der Waals surface area contributed by atoms with Crippen molar-refractivity contribution in [1.82, 2.24) is 29.4 Å². The lowest BCUT2D eigenvalue weighted by Crippen LogP contribution is -2.49. The van der Waals surface area contributed by atoms with Crippen molar-refractivity contribution in [3.63, 3.8) is 0 Å². The highest BCUT2D eigenvalue weighted by Crippen LogP contribution is 2.37. The summed E-state index contributed by atoms with van der Waals surface area (Å²) in [6.45, 7) is 4.46. The van der Waals surface area contributed by atoms with Crippen molar-refractivity contribution in [1.29, 1.82) is 0 Å². The van der Waals surface area contributed by atoms with Crippen molar-refractivity contribution in [3.8, 4) is 10.8 Å². The molecule has 1 aromatic carbocycles. The van der Waals surface area contributed by atoms with Crippen LogP contribution in [0.1, 0.15) is 68.7 Å². The summed E-state index contributed by atoms with van der Waals surface area (Å²) >= 11 is 1.22. The zero-order valence-corrected chi connectivity index (χ0v) is 25.2. The SMILES string of the molecule is COc1ccc(F)cc1[C@H](Cn1c(=O)n([C@@H]2CCCNC2=O)c(=O)c2c(C)c(-n3nccn3)sc21)OC1CCC(C)CC1. The summed E-state index contributed by atoms with van der Waals surface area (Å²) < 4.78 is 29.5. The highest BCUT2D eigenvalue weighted by atomic mass is 32.1. The number of carbonyl (C=O) groups is 1. The highest BCUT2D eigenvalue weighted by Gasteiger charge is 2.33. The van der Waals surface area contributed by atoms with Crippen LogP contribution in [0.5, 0.6) is 5.75 Å². The highest BCUT2D eigenvalue weighted by molar-refractivity contribution is 7.21. The van der Waals surface area contributed by atoms with E-state index < -0.39 is 29.2 Å². The Hall–Kier alpha value is -3.84. The first-order valence-corrected chi connectivity index (χ1v) is 15.5. The molecule has 4 aromatic rings. The third kappa shape index (κ3) is 5.51. The van der Waals surface area contributed by atoms with Crippen LogP contribution >= 0.6 is 11.3 Å². The minimum absolute atomic E-state index is 0.0260. The summed E-state index contributed by atoms with van der Waals surface area (Å²) in [7, 11) is 1.51. The molecule has 2 aliphatic rings. The molecule has 0 bridgehead atoms. The van der Waals surface area contributed by atoms with E-state index in [2.05, 4.69) is 22.4 Å². The van der Waals surface area contributed by atoms with Crippen LogP contribution in [-0.2, 0) is 16.1 Å². The number of amides is 1. The lowest BCUT2D eigenvalue weighted by atomic mass is 9.88. The van der Waals surface area contributed by atoms with Gasteiger partial charge in [-0.1, -0.05) is 18.3 Å². The van der Waals surface area contributed by atoms with Gasteiger partial charge in [0.15, 0.2) is 0 Å². The number of aromatic nitrogens is 5. The molecule has 2 atom stereocenters. The fraction of sp³-hybridized carbons (Fsp3) is 0.500. The summed E-state index contributed by atoms with van der Waals surface area (Å²) in [5.41, 5.74) is -0.0897. The summed E-state index contributed by atoms with van der Waals surface area (Å²) in [6, 6.07) is 3.30. The number of ether oxygens (including phenoxy) is 2. The number of methoxy groups -OCH3 is 1. The summed E-state index contributed by atoms with van der Waals surface area (Å²) in [5.74, 6) is 0.206. The number of aryl methyl sites for hydroxylation is 1. The first-order chi connectivity index (χ1) is 20.8. The predicted octanol–water partition coefficient (Wildman–Crippen LogP) is 4.05. The van der Waals surface area contributed by atoms with Crippen LogP contribution in [0.4, 0.5) is 4.39 Å². The van der Waals surface area contributed by atoms with E-state index in [0.29, 0.717) is 57.4 Å². The standard InChI is InChI=1S/C30H35FN6O5S/c1-17-6-9-20(10-7-17)42-24(21-15-19(31)8-11-23(21)41-3)16-35-29-25(18(2)28(43-29)37-33-13-14-34-37)27(39)36(30(35)40)22-5-4-12-32-26(22)38/h8,11,13-15,17,20,22,24H,4-7,9-10,12,16H2,1-3H3,(H,32,38)/t17?,20?,22-,24+/m1/s1. The van der Waals surface area contributed by atoms with Gasteiger partial charge in [-0.05, 0) is 69.6 Å². The Labute approximate surface area is 251 Å². The third-order valence-electron chi connectivity index (χ3n) is 8.59. The number of carbonyl (C=O) groups excluding carboxylic acids is 1. The zero-order chi connectivity index (χ0) is 30.2. The molecule has 4 heterocycles. The van der Waals surface area contributed by atoms with Crippen LogP contribution in [0.25, 0.3) is 15.2 Å². The fourth-order valence-electron chi connectivity index (χ4n) is 6.24. The van der Waals surface area contributed by atoms with Crippen LogP contribution in [0, 0.1) is 18.7 Å². The molecule has 13 heteroatoms. The Balaban J connectivity index is 1.55. The van der Waals surface area contributed by atoms with Gasteiger partial charge in [0.05, 0.1) is 37.5 Å². The number of nitrogens with zero attached hydrogens (tertiary/aromatic N) is 5. The van der Waals surface area contributed by atoms with Crippen molar-refractivity contribution in [2.75, 3.05) is 13.7 Å². The lowest BCUT2D eigenvalue weighted by molar-refractivity contribution is -0.126. The molecular formula is C30H35FN6O5S. The second kappa shape index (κ2) is 12.0. The average Bonchev–Trinajstić information content (AvgIpc) is 3.65. The van der Waals surface area contributed by atoms with Gasteiger partial charge in [0.25, 0.3) is 5.56 Å². The van der Waals surface area contributed by atoms with Crippen LogP contribution in [0.2, 0.25) is 0 Å². The zero-order valence-electron chi connectivity index (χ0n) is 24.4. The number of piperidine rings is 1. The quantitative estimate of drug-likeness (QED) is 0.319. The van der Waals surface area contributed by atoms with E-state index >= 15 is 0 Å². The van der Waals surface area contributed by atoms with E-state index in [-0.39, 0.29) is 18.6 Å². The molecule has 11 nitrogen and oxygen atoms in total. The normalized spacial score (nSPS) is 21.6. The van der Waals surface area contributed by atoms with Crippen molar-refractivity contribution in [3.05, 3.63) is 68.4 Å². The summed E-state index contributed by atoms with van der Waals surface area (Å²) in [5, 5.41) is 12.2. The van der Waals surface area contributed by atoms with Gasteiger partial charge in [-0.2, -0.15) is 10.2 Å². The number of thiophene rings is 1. The van der Waals surface area contributed by atoms with E-state index in [1.807, 2.05) is 0 Å². The molecular weight excluding hydrogens is 575 g/mol. The van der Waals surface area contributed by atoms with Gasteiger partial charge in [-0.15, -0.1) is 4.80 Å². The minimum Gasteiger partial charge on any atom is -0.496 e. The molecule has 0 unspecified atom stereocenters. The average molecular weight is 611 g/mol. The molecule has 43 heavy (non-hydrogen) atoms. The maximum atomic E-state index is 14.7. The second-order valence-electron chi connectivity index (χ2n) is 11.4. The van der Waals surface area contributed by atoms with E-state index in [0.717, 1.165) is 30.3 Å². The number of halogens is 1. The number of nitrogens with one attached hydrogen (secondary N) is 1. The lowest BCUT2D eigenvalue weighted by Gasteiger charge is -2.31. The molecule has 2 fully saturated rings. The topological polar surface area (TPSA) is 122 Å². The van der Waals surface area contributed by atoms with E-state index in [1.54, 1.807) is 13.0 Å². The number of benzene rings is 1. The molecule has 1 amide bonds. The van der Waals surface area contributed by atoms with Gasteiger partial charge >= 0.3 is 5.69 Å². The van der Waals surface area contributed by atoms with Crippen LogP contribution in [-0.4, -0.2) is 49.8 Å². The number of hydrogen-bond donors (Lipinski definition) is 1. The molecule has 1 saturated carbocycles. The molecule has 0 radical (unpaired) electrons. The van der Waals surface area contributed by atoms with Gasteiger partial charge in [0, 0.05) is 17.7 Å². The second-order valence-corrected chi connectivity index (χ2v) is 12.4. The smallest absolute Gasteiger partial charge is 0.332 e. The molecule has 1 aliphatic carbocycles. The van der Waals surface area contributed by atoms with Crippen LogP contribution < -0.4 is 21.3 Å². The molecule has 1 saturated heterocycles. The Morgan fingerprint density at radius 3 is 2.56 bits per heavy atom. The van der Waals surface area contributed by atoms with Gasteiger partial charge < -0.3 is 14.8 Å². The Morgan fingerprint density at radius 1 is 1.12 bits per heavy atom. The maximum absolute atomic E-state index is 14.7. The third-order valence-corrected chi connectivity index (χ3v) is 9.87. The summed E-state index contributed by atoms with van der Waals surface area (Å²) in [4.78, 5) is 43.1. The van der Waals surface area contributed by atoms with Crippen molar-refractivity contribution in [2.24, 2.45) is 5.92 Å². The van der Waals surface area contributed by atoms with Gasteiger partial charge in [-0.3, -0.25) is 14.2 Å². The largest absolute Gasteiger partial charge is 0.496 e. The molecule has 1 N–H and O–H groups in total. The van der Waals surface area contributed by atoms with E-state index in [9.17, 15) is 18.8 Å². The number of fused-ring (bicyclic) bond motifs is 1. The Morgan fingerprint density at radius 2 is 1.86 bits per heavy atom. The number of hydrogen-bond acceptors (Lipinski definition) is 8. The van der Waals surface area contributed by atoms with Gasteiger partial charge in [-0.25, -0.2) is 13.8 Å². The predicted molar refractivity (Wildman–Crippen MR) is 159 cm³/mol. The molecule has 6 rings (SSSR count). The molecule has 1 aliphatic heterocycles. The first-order valence-electron chi connectivity index (χ1n) is 14.7. The monoisotopic (exact) mass is 610 g/mol. The van der Waals surface area contributed by atoms with E-state index in [4.69, 9.17) is 9.47 Å². The fourth-order valence-corrected chi connectivity index (χ4v) is 7.46. The first kappa shape index (κ1) is 29.2. The van der Waals surface area contributed by atoms with Gasteiger partial charge in [0.1, 0.15) is 33.5 Å². The van der Waals surface area contributed by atoms with Gasteiger partial charge in [0.2, 0.25) is 5.91 Å². The Bertz CT molecular complexity index is 1760. The van der Waals surface area contributed by atoms with Crippen molar-refractivity contribution < 1.29 is 18.7 Å². The minimum atomic E-state index is -0.946.